The van der Waals surface area contributed by atoms with Gasteiger partial charge in [0.1, 0.15) is 17.3 Å². The van der Waals surface area contributed by atoms with Gasteiger partial charge in [-0.3, -0.25) is 14.5 Å². The molecule has 0 atom stereocenters. The zero-order valence-electron chi connectivity index (χ0n) is 16.9. The Kier molecular flexibility index (Phi) is 5.60. The van der Waals surface area contributed by atoms with E-state index in [1.165, 1.54) is 6.92 Å². The normalized spacial score (nSPS) is 18.1. The summed E-state index contributed by atoms with van der Waals surface area (Å²) < 4.78 is 6.18. The minimum Gasteiger partial charge on any atom is -0.459 e. The molecule has 1 aliphatic carbocycles. The lowest BCUT2D eigenvalue weighted by molar-refractivity contribution is -0.114. The van der Waals surface area contributed by atoms with Crippen molar-refractivity contribution in [3.63, 3.8) is 0 Å². The fourth-order valence-electron chi connectivity index (χ4n) is 3.90. The lowest BCUT2D eigenvalue weighted by Crippen LogP contribution is -2.28. The zero-order chi connectivity index (χ0) is 20.4. The number of anilines is 1. The van der Waals surface area contributed by atoms with E-state index in [0.29, 0.717) is 30.1 Å². The Hall–Kier alpha value is -2.77. The molecule has 1 saturated heterocycles. The molecule has 7 heteroatoms. The number of carbonyl (C=O) groups is 2. The monoisotopic (exact) mass is 394 g/mol. The highest BCUT2D eigenvalue weighted by Gasteiger charge is 2.26. The van der Waals surface area contributed by atoms with Crippen LogP contribution in [-0.2, 0) is 11.3 Å². The predicted octanol–water partition coefficient (Wildman–Crippen LogP) is 2.79. The fourth-order valence-corrected chi connectivity index (χ4v) is 3.90. The molecule has 0 radical (unpaired) electrons. The molecule has 2 aromatic heterocycles. The first-order chi connectivity index (χ1) is 14.0. The summed E-state index contributed by atoms with van der Waals surface area (Å²) in [6.45, 7) is 6.31. The van der Waals surface area contributed by atoms with E-state index in [-0.39, 0.29) is 11.7 Å². The molecule has 1 amide bonds. The molecule has 1 fully saturated rings. The van der Waals surface area contributed by atoms with Crippen LogP contribution in [0.1, 0.15) is 47.2 Å². The van der Waals surface area contributed by atoms with Gasteiger partial charge in [-0.15, -0.1) is 0 Å². The van der Waals surface area contributed by atoms with Crippen LogP contribution in [0.4, 0.5) is 5.82 Å². The topological polar surface area (TPSA) is 78.7 Å². The molecule has 2 aliphatic rings. The van der Waals surface area contributed by atoms with Crippen molar-refractivity contribution >= 4 is 23.1 Å². The number of fused-ring (bicyclic) bond motifs is 1. The second-order valence-electron chi connectivity index (χ2n) is 7.74. The Morgan fingerprint density at radius 3 is 2.93 bits per heavy atom. The molecule has 0 saturated carbocycles. The molecule has 0 bridgehead atoms. The van der Waals surface area contributed by atoms with E-state index < -0.39 is 0 Å². The maximum atomic E-state index is 12.5. The van der Waals surface area contributed by atoms with Gasteiger partial charge in [0.15, 0.2) is 5.78 Å². The number of nitrogens with one attached hydrogen (secondary N) is 1. The first kappa shape index (κ1) is 19.5. The number of ketones is 1. The van der Waals surface area contributed by atoms with Gasteiger partial charge in [-0.2, -0.15) is 0 Å². The number of amides is 1. The third-order valence-corrected chi connectivity index (χ3v) is 5.39. The predicted molar refractivity (Wildman–Crippen MR) is 111 cm³/mol. The van der Waals surface area contributed by atoms with E-state index >= 15 is 0 Å². The number of carbonyl (C=O) groups excluding carboxylic acids is 2. The van der Waals surface area contributed by atoms with Gasteiger partial charge in [0.05, 0.1) is 12.1 Å². The van der Waals surface area contributed by atoms with Crippen molar-refractivity contribution in [2.75, 3.05) is 38.5 Å². The molecule has 1 aliphatic heterocycles. The summed E-state index contributed by atoms with van der Waals surface area (Å²) in [6, 6.07) is 5.57. The summed E-state index contributed by atoms with van der Waals surface area (Å²) in [4.78, 5) is 32.7. The van der Waals surface area contributed by atoms with Gasteiger partial charge >= 0.3 is 0 Å². The van der Waals surface area contributed by atoms with Crippen molar-refractivity contribution in [3.8, 4) is 0 Å². The highest BCUT2D eigenvalue weighted by Crippen LogP contribution is 2.35. The Morgan fingerprint density at radius 2 is 2.10 bits per heavy atom. The number of allylic oxidation sites excluding steroid dienone is 1. The van der Waals surface area contributed by atoms with Crippen LogP contribution in [-0.4, -0.2) is 59.7 Å². The second-order valence-corrected chi connectivity index (χ2v) is 7.74. The van der Waals surface area contributed by atoms with Gasteiger partial charge < -0.3 is 14.6 Å². The number of aromatic nitrogens is 1. The number of hydrogen-bond donors (Lipinski definition) is 1. The van der Waals surface area contributed by atoms with Gasteiger partial charge in [0.2, 0.25) is 5.91 Å². The van der Waals surface area contributed by atoms with E-state index in [1.54, 1.807) is 12.3 Å². The SMILES string of the molecule is CC(=O)Nc1cc(C2=CCC(=O)c3cc(CN4CCCN(C)CC4)oc32)ccn1. The lowest BCUT2D eigenvalue weighted by atomic mass is 9.92. The fraction of sp³-hybridized carbons (Fsp3) is 0.409. The van der Waals surface area contributed by atoms with E-state index in [0.717, 1.165) is 49.5 Å². The Morgan fingerprint density at radius 1 is 1.24 bits per heavy atom. The van der Waals surface area contributed by atoms with E-state index in [9.17, 15) is 9.59 Å². The third kappa shape index (κ3) is 4.46. The van der Waals surface area contributed by atoms with Crippen molar-refractivity contribution in [2.45, 2.75) is 26.3 Å². The molecule has 0 unspecified atom stereocenters. The zero-order valence-corrected chi connectivity index (χ0v) is 16.9. The summed E-state index contributed by atoms with van der Waals surface area (Å²) in [5.41, 5.74) is 2.38. The van der Waals surface area contributed by atoms with E-state index in [1.807, 2.05) is 18.2 Å². The van der Waals surface area contributed by atoms with Gasteiger partial charge in [-0.05, 0) is 50.3 Å². The summed E-state index contributed by atoms with van der Waals surface area (Å²) >= 11 is 0. The molecule has 3 heterocycles. The molecule has 2 aromatic rings. The number of pyridine rings is 1. The van der Waals surface area contributed by atoms with Crippen LogP contribution in [0.25, 0.3) is 5.57 Å². The first-order valence-corrected chi connectivity index (χ1v) is 10.0. The Bertz CT molecular complexity index is 963. The van der Waals surface area contributed by atoms with Crippen LogP contribution in [0.2, 0.25) is 0 Å². The lowest BCUT2D eigenvalue weighted by Gasteiger charge is -2.18. The Labute approximate surface area is 170 Å². The number of nitrogens with zero attached hydrogens (tertiary/aromatic N) is 3. The highest BCUT2D eigenvalue weighted by atomic mass is 16.3. The van der Waals surface area contributed by atoms with Crippen molar-refractivity contribution in [3.05, 3.63) is 53.1 Å². The molecule has 7 nitrogen and oxygen atoms in total. The summed E-state index contributed by atoms with van der Waals surface area (Å²) in [5, 5.41) is 2.70. The summed E-state index contributed by atoms with van der Waals surface area (Å²) in [7, 11) is 2.15. The molecule has 152 valence electrons. The number of likely N-dealkylation sites (N-methyl/N-ethyl adjacent to an activating group) is 1. The van der Waals surface area contributed by atoms with Crippen LogP contribution < -0.4 is 5.32 Å². The van der Waals surface area contributed by atoms with Crippen LogP contribution in [0, 0.1) is 0 Å². The molecule has 0 aromatic carbocycles. The minimum atomic E-state index is -0.175. The number of rotatable bonds is 4. The van der Waals surface area contributed by atoms with Crippen molar-refractivity contribution in [1.82, 2.24) is 14.8 Å². The van der Waals surface area contributed by atoms with Crippen molar-refractivity contribution in [2.24, 2.45) is 0 Å². The van der Waals surface area contributed by atoms with Crippen LogP contribution >= 0.6 is 0 Å². The van der Waals surface area contributed by atoms with Gasteiger partial charge in [0, 0.05) is 38.2 Å². The highest BCUT2D eigenvalue weighted by molar-refractivity contribution is 6.06. The number of Topliss-reactive ketones (excluding diaryl/α,β-unsaturated/α-hetero) is 1. The smallest absolute Gasteiger partial charge is 0.222 e. The largest absolute Gasteiger partial charge is 0.459 e. The molecule has 29 heavy (non-hydrogen) atoms. The average molecular weight is 394 g/mol. The third-order valence-electron chi connectivity index (χ3n) is 5.39. The van der Waals surface area contributed by atoms with E-state index in [4.69, 9.17) is 4.42 Å². The van der Waals surface area contributed by atoms with Crippen LogP contribution in [0.3, 0.4) is 0 Å². The van der Waals surface area contributed by atoms with Crippen molar-refractivity contribution < 1.29 is 14.0 Å². The van der Waals surface area contributed by atoms with Gasteiger partial charge in [0.25, 0.3) is 0 Å². The van der Waals surface area contributed by atoms with Gasteiger partial charge in [-0.25, -0.2) is 4.98 Å². The molecule has 4 rings (SSSR count). The number of furan rings is 1. The summed E-state index contributed by atoms with van der Waals surface area (Å²) in [6.07, 6.45) is 5.01. The Balaban J connectivity index is 1.59. The standard InChI is InChI=1S/C22H26N4O3/c1-15(27)24-21-12-16(6-7-23-21)18-4-5-20(28)19-13-17(29-22(18)19)14-26-9-3-8-25(2)10-11-26/h4,6-7,12-13H,3,5,8-11,14H2,1-2H3,(H,23,24,27). The van der Waals surface area contributed by atoms with Crippen LogP contribution in [0.5, 0.6) is 0 Å². The summed E-state index contributed by atoms with van der Waals surface area (Å²) in [5.74, 6) is 1.81. The first-order valence-electron chi connectivity index (χ1n) is 10.0. The molecular weight excluding hydrogens is 368 g/mol. The molecule has 1 N–H and O–H groups in total. The quantitative estimate of drug-likeness (QED) is 0.859. The maximum Gasteiger partial charge on any atom is 0.222 e. The number of hydrogen-bond acceptors (Lipinski definition) is 6. The van der Waals surface area contributed by atoms with Crippen LogP contribution in [0.15, 0.2) is 34.9 Å². The molecular formula is C22H26N4O3. The average Bonchev–Trinajstić information content (AvgIpc) is 2.99. The second kappa shape index (κ2) is 8.31. The van der Waals surface area contributed by atoms with E-state index in [2.05, 4.69) is 27.1 Å². The van der Waals surface area contributed by atoms with Gasteiger partial charge in [-0.1, -0.05) is 6.08 Å². The van der Waals surface area contributed by atoms with Crippen molar-refractivity contribution in [1.29, 1.82) is 0 Å². The molecule has 0 spiro atoms. The minimum absolute atomic E-state index is 0.0745. The maximum absolute atomic E-state index is 12.5.